The van der Waals surface area contributed by atoms with Gasteiger partial charge in [-0.1, -0.05) is 32.4 Å². The van der Waals surface area contributed by atoms with Crippen molar-refractivity contribution in [2.75, 3.05) is 20.6 Å². The molecule has 0 aromatic heterocycles. The summed E-state index contributed by atoms with van der Waals surface area (Å²) in [4.78, 5) is 0.367. The minimum atomic E-state index is -3.38. The molecule has 1 atom stereocenters. The van der Waals surface area contributed by atoms with Crippen molar-refractivity contribution < 1.29 is 8.42 Å². The number of nitrogens with zero attached hydrogens (tertiary/aromatic N) is 1. The summed E-state index contributed by atoms with van der Waals surface area (Å²) in [5.74, 6) is 0.361. The zero-order chi connectivity index (χ0) is 14.5. The number of nitrogens with one attached hydrogen (secondary N) is 1. The third-order valence-corrected chi connectivity index (χ3v) is 5.07. The minimum absolute atomic E-state index is 0.361. The predicted molar refractivity (Wildman–Crippen MR) is 78.5 cm³/mol. The SMILES string of the molecule is CCC(C)CN(C)S(=O)(=O)c1cccc(CNC)c1. The van der Waals surface area contributed by atoms with Gasteiger partial charge < -0.3 is 5.32 Å². The summed E-state index contributed by atoms with van der Waals surface area (Å²) < 4.78 is 26.3. The molecule has 1 aromatic carbocycles. The van der Waals surface area contributed by atoms with Crippen molar-refractivity contribution in [3.05, 3.63) is 29.8 Å². The lowest BCUT2D eigenvalue weighted by Gasteiger charge is -2.20. The van der Waals surface area contributed by atoms with E-state index < -0.39 is 10.0 Å². The molecule has 0 spiro atoms. The average Bonchev–Trinajstić information content (AvgIpc) is 2.39. The lowest BCUT2D eigenvalue weighted by Crippen LogP contribution is -2.31. The first-order valence-corrected chi connectivity index (χ1v) is 8.05. The Morgan fingerprint density at radius 1 is 1.37 bits per heavy atom. The molecule has 0 aliphatic heterocycles. The van der Waals surface area contributed by atoms with Crippen LogP contribution in [-0.2, 0) is 16.6 Å². The van der Waals surface area contributed by atoms with E-state index in [1.165, 1.54) is 4.31 Å². The first-order chi connectivity index (χ1) is 8.91. The van der Waals surface area contributed by atoms with Gasteiger partial charge in [-0.3, -0.25) is 0 Å². The molecule has 0 radical (unpaired) electrons. The third kappa shape index (κ3) is 4.30. The van der Waals surface area contributed by atoms with Crippen molar-refractivity contribution in [2.24, 2.45) is 5.92 Å². The first-order valence-electron chi connectivity index (χ1n) is 6.61. The lowest BCUT2D eigenvalue weighted by atomic mass is 10.1. The molecule has 0 aliphatic rings. The van der Waals surface area contributed by atoms with Crippen LogP contribution >= 0.6 is 0 Å². The molecule has 0 bridgehead atoms. The number of benzene rings is 1. The lowest BCUT2D eigenvalue weighted by molar-refractivity contribution is 0.393. The van der Waals surface area contributed by atoms with Crippen LogP contribution in [0.5, 0.6) is 0 Å². The van der Waals surface area contributed by atoms with Crippen molar-refractivity contribution in [1.29, 1.82) is 0 Å². The summed E-state index contributed by atoms with van der Waals surface area (Å²) in [6.07, 6.45) is 0.972. The second-order valence-electron chi connectivity index (χ2n) is 4.98. The van der Waals surface area contributed by atoms with Gasteiger partial charge in [-0.2, -0.15) is 0 Å². The standard InChI is InChI=1S/C14H24N2O2S/c1-5-12(2)11-16(4)19(17,18)14-8-6-7-13(9-14)10-15-3/h6-9,12,15H,5,10-11H2,1-4H3. The van der Waals surface area contributed by atoms with E-state index in [4.69, 9.17) is 0 Å². The summed E-state index contributed by atoms with van der Waals surface area (Å²) in [5, 5.41) is 3.02. The quantitative estimate of drug-likeness (QED) is 0.834. The van der Waals surface area contributed by atoms with E-state index in [9.17, 15) is 8.42 Å². The number of hydrogen-bond acceptors (Lipinski definition) is 3. The zero-order valence-corrected chi connectivity index (χ0v) is 13.0. The van der Waals surface area contributed by atoms with Crippen molar-refractivity contribution in [3.63, 3.8) is 0 Å². The van der Waals surface area contributed by atoms with Crippen LogP contribution in [0.1, 0.15) is 25.8 Å². The number of rotatable bonds is 7. The fraction of sp³-hybridized carbons (Fsp3) is 0.571. The summed E-state index contributed by atoms with van der Waals surface area (Å²) in [6, 6.07) is 7.10. The molecule has 0 saturated heterocycles. The smallest absolute Gasteiger partial charge is 0.242 e. The molecule has 1 aromatic rings. The minimum Gasteiger partial charge on any atom is -0.316 e. The van der Waals surface area contributed by atoms with Gasteiger partial charge >= 0.3 is 0 Å². The average molecular weight is 284 g/mol. The van der Waals surface area contributed by atoms with Gasteiger partial charge in [0.2, 0.25) is 10.0 Å². The van der Waals surface area contributed by atoms with E-state index >= 15 is 0 Å². The fourth-order valence-corrected chi connectivity index (χ4v) is 3.23. The van der Waals surface area contributed by atoms with Crippen LogP contribution in [0, 0.1) is 5.92 Å². The Balaban J connectivity index is 2.96. The molecule has 19 heavy (non-hydrogen) atoms. The molecule has 5 heteroatoms. The summed E-state index contributed by atoms with van der Waals surface area (Å²) in [7, 11) is 0.109. The highest BCUT2D eigenvalue weighted by atomic mass is 32.2. The van der Waals surface area contributed by atoms with Gasteiger partial charge in [0, 0.05) is 20.1 Å². The Hall–Kier alpha value is -0.910. The molecule has 0 amide bonds. The Morgan fingerprint density at radius 2 is 2.05 bits per heavy atom. The molecule has 0 saturated carbocycles. The van der Waals surface area contributed by atoms with E-state index in [1.54, 1.807) is 25.2 Å². The molecule has 1 rings (SSSR count). The maximum absolute atomic E-state index is 12.4. The zero-order valence-electron chi connectivity index (χ0n) is 12.2. The largest absolute Gasteiger partial charge is 0.316 e. The number of hydrogen-bond donors (Lipinski definition) is 1. The third-order valence-electron chi connectivity index (χ3n) is 3.25. The molecule has 4 nitrogen and oxygen atoms in total. The van der Waals surface area contributed by atoms with Crippen LogP contribution in [-0.4, -0.2) is 33.4 Å². The van der Waals surface area contributed by atoms with Crippen molar-refractivity contribution in [1.82, 2.24) is 9.62 Å². The van der Waals surface area contributed by atoms with E-state index in [1.807, 2.05) is 13.1 Å². The number of sulfonamides is 1. The van der Waals surface area contributed by atoms with Crippen LogP contribution in [0.3, 0.4) is 0 Å². The van der Waals surface area contributed by atoms with E-state index in [2.05, 4.69) is 19.2 Å². The van der Waals surface area contributed by atoms with Gasteiger partial charge in [0.1, 0.15) is 0 Å². The summed E-state index contributed by atoms with van der Waals surface area (Å²) in [6.45, 7) is 5.34. The Kier molecular flexibility index (Phi) is 5.97. The van der Waals surface area contributed by atoms with Gasteiger partial charge in [0.25, 0.3) is 0 Å². The van der Waals surface area contributed by atoms with E-state index in [0.717, 1.165) is 12.0 Å². The monoisotopic (exact) mass is 284 g/mol. The van der Waals surface area contributed by atoms with Crippen molar-refractivity contribution >= 4 is 10.0 Å². The van der Waals surface area contributed by atoms with E-state index in [-0.39, 0.29) is 0 Å². The van der Waals surface area contributed by atoms with Crippen LogP contribution < -0.4 is 5.32 Å². The molecular weight excluding hydrogens is 260 g/mol. The highest BCUT2D eigenvalue weighted by Gasteiger charge is 2.22. The molecular formula is C14H24N2O2S. The van der Waals surface area contributed by atoms with Crippen molar-refractivity contribution in [2.45, 2.75) is 31.7 Å². The summed E-state index contributed by atoms with van der Waals surface area (Å²) >= 11 is 0. The van der Waals surface area contributed by atoms with E-state index in [0.29, 0.717) is 23.9 Å². The highest BCUT2D eigenvalue weighted by molar-refractivity contribution is 7.89. The Labute approximate surface area is 116 Å². The topological polar surface area (TPSA) is 49.4 Å². The maximum Gasteiger partial charge on any atom is 0.242 e. The predicted octanol–water partition coefficient (Wildman–Crippen LogP) is 2.07. The molecule has 1 N–H and O–H groups in total. The maximum atomic E-state index is 12.4. The second kappa shape index (κ2) is 7.03. The first kappa shape index (κ1) is 16.1. The van der Waals surface area contributed by atoms with Gasteiger partial charge in [0.05, 0.1) is 4.90 Å². The molecule has 0 aliphatic carbocycles. The van der Waals surface area contributed by atoms with Gasteiger partial charge in [0.15, 0.2) is 0 Å². The summed E-state index contributed by atoms with van der Waals surface area (Å²) in [5.41, 5.74) is 0.973. The van der Waals surface area contributed by atoms with Crippen LogP contribution in [0.15, 0.2) is 29.2 Å². The second-order valence-corrected chi connectivity index (χ2v) is 7.02. The highest BCUT2D eigenvalue weighted by Crippen LogP contribution is 2.17. The molecule has 0 fully saturated rings. The van der Waals surface area contributed by atoms with Crippen molar-refractivity contribution in [3.8, 4) is 0 Å². The molecule has 1 unspecified atom stereocenters. The van der Waals surface area contributed by atoms with Gasteiger partial charge in [-0.05, 0) is 30.7 Å². The van der Waals surface area contributed by atoms with Gasteiger partial charge in [-0.25, -0.2) is 12.7 Å². The fourth-order valence-electron chi connectivity index (χ4n) is 1.87. The van der Waals surface area contributed by atoms with Crippen LogP contribution in [0.4, 0.5) is 0 Å². The molecule has 108 valence electrons. The normalized spacial score (nSPS) is 13.7. The van der Waals surface area contributed by atoms with Crippen LogP contribution in [0.2, 0.25) is 0 Å². The Bertz CT molecular complexity index is 500. The van der Waals surface area contributed by atoms with Gasteiger partial charge in [-0.15, -0.1) is 0 Å². The van der Waals surface area contributed by atoms with Crippen LogP contribution in [0.25, 0.3) is 0 Å². The molecule has 0 heterocycles. The Morgan fingerprint density at radius 3 is 2.63 bits per heavy atom.